The Labute approximate surface area is 274 Å². The number of carbonyl (C=O) groups excluding carboxylic acids is 3. The third-order valence-corrected chi connectivity index (χ3v) is 7.82. The molecule has 0 spiro atoms. The van der Waals surface area contributed by atoms with E-state index in [0.29, 0.717) is 18.9 Å². The van der Waals surface area contributed by atoms with Gasteiger partial charge in [0.05, 0.1) is 0 Å². The van der Waals surface area contributed by atoms with E-state index in [2.05, 4.69) is 24.5 Å². The van der Waals surface area contributed by atoms with Gasteiger partial charge < -0.3 is 25.4 Å². The fraction of sp³-hybridized carbons (Fsp3) is 0.447. The highest BCUT2D eigenvalue weighted by atomic mass is 16.6. The van der Waals surface area contributed by atoms with E-state index in [4.69, 9.17) is 4.74 Å². The monoisotopic (exact) mass is 629 g/mol. The minimum atomic E-state index is -1.05. The lowest BCUT2D eigenvalue weighted by Gasteiger charge is -2.39. The Bertz CT molecular complexity index is 1450. The predicted octanol–water partition coefficient (Wildman–Crippen LogP) is 7.16. The Hall–Kier alpha value is -4.33. The summed E-state index contributed by atoms with van der Waals surface area (Å²) in [6, 6.07) is 19.8. The van der Waals surface area contributed by atoms with Crippen molar-refractivity contribution in [3.8, 4) is 5.75 Å². The van der Waals surface area contributed by atoms with Crippen molar-refractivity contribution in [1.29, 1.82) is 0 Å². The van der Waals surface area contributed by atoms with Crippen molar-refractivity contribution in [3.63, 3.8) is 0 Å². The molecule has 0 aliphatic rings. The van der Waals surface area contributed by atoms with Crippen LogP contribution in [0.25, 0.3) is 0 Å². The van der Waals surface area contributed by atoms with Crippen LogP contribution in [-0.4, -0.2) is 45.6 Å². The average Bonchev–Trinajstić information content (AvgIpc) is 2.98. The molecule has 0 aliphatic carbocycles. The first kappa shape index (κ1) is 36.1. The van der Waals surface area contributed by atoms with E-state index in [1.807, 2.05) is 69.3 Å². The van der Waals surface area contributed by atoms with Gasteiger partial charge in [0, 0.05) is 19.0 Å². The molecule has 0 aromatic heterocycles. The SMILES string of the molecule is Cc1ccc(C)c(C(C(=O)NCc2ccccc2)N(C(=O)C(Cc2ccc(O)cc2)NC(=O)OC(C)(C)C)C(C)CCC(C)C)c1. The minimum absolute atomic E-state index is 0.0979. The zero-order valence-electron chi connectivity index (χ0n) is 28.6. The summed E-state index contributed by atoms with van der Waals surface area (Å²) in [4.78, 5) is 44.1. The number of nitrogens with one attached hydrogen (secondary N) is 2. The van der Waals surface area contributed by atoms with Crippen molar-refractivity contribution in [3.05, 3.63) is 101 Å². The second kappa shape index (κ2) is 16.3. The molecule has 0 bridgehead atoms. The van der Waals surface area contributed by atoms with E-state index in [0.717, 1.165) is 34.2 Å². The first-order valence-electron chi connectivity index (χ1n) is 16.1. The first-order chi connectivity index (χ1) is 21.6. The van der Waals surface area contributed by atoms with Crippen molar-refractivity contribution in [2.24, 2.45) is 5.92 Å². The van der Waals surface area contributed by atoms with Crippen LogP contribution in [0.3, 0.4) is 0 Å². The first-order valence-corrected chi connectivity index (χ1v) is 16.1. The largest absolute Gasteiger partial charge is 0.508 e. The Morgan fingerprint density at radius 1 is 0.870 bits per heavy atom. The maximum atomic E-state index is 14.9. The number of hydrogen-bond donors (Lipinski definition) is 3. The van der Waals surface area contributed by atoms with Crippen LogP contribution in [0, 0.1) is 19.8 Å². The number of rotatable bonds is 13. The Kier molecular flexibility index (Phi) is 12.8. The van der Waals surface area contributed by atoms with Crippen LogP contribution in [-0.2, 0) is 27.3 Å². The summed E-state index contributed by atoms with van der Waals surface area (Å²) in [7, 11) is 0. The number of aromatic hydroxyl groups is 1. The molecule has 3 N–H and O–H groups in total. The third kappa shape index (κ3) is 10.9. The van der Waals surface area contributed by atoms with Crippen molar-refractivity contribution < 1.29 is 24.2 Å². The number of carbonyl (C=O) groups is 3. The maximum Gasteiger partial charge on any atom is 0.408 e. The number of amides is 3. The van der Waals surface area contributed by atoms with Crippen molar-refractivity contribution >= 4 is 17.9 Å². The molecular formula is C38H51N3O5. The summed E-state index contributed by atoms with van der Waals surface area (Å²) in [5.41, 5.74) is 3.48. The van der Waals surface area contributed by atoms with E-state index < -0.39 is 29.7 Å². The lowest BCUT2D eigenvalue weighted by molar-refractivity contribution is -0.145. The number of nitrogens with zero attached hydrogens (tertiary/aromatic N) is 1. The molecule has 0 saturated carbocycles. The maximum absolute atomic E-state index is 14.9. The van der Waals surface area contributed by atoms with Gasteiger partial charge in [-0.2, -0.15) is 0 Å². The van der Waals surface area contributed by atoms with Crippen molar-refractivity contribution in [1.82, 2.24) is 15.5 Å². The number of benzene rings is 3. The number of phenols is 1. The van der Waals surface area contributed by atoms with Crippen LogP contribution >= 0.6 is 0 Å². The fourth-order valence-corrected chi connectivity index (χ4v) is 5.36. The van der Waals surface area contributed by atoms with Crippen molar-refractivity contribution in [2.75, 3.05) is 0 Å². The van der Waals surface area contributed by atoms with Crippen LogP contribution in [0.1, 0.15) is 88.2 Å². The van der Waals surface area contributed by atoms with Gasteiger partial charge in [-0.3, -0.25) is 9.59 Å². The van der Waals surface area contributed by atoms with Gasteiger partial charge in [-0.15, -0.1) is 0 Å². The van der Waals surface area contributed by atoms with Crippen LogP contribution in [0.15, 0.2) is 72.8 Å². The van der Waals surface area contributed by atoms with Gasteiger partial charge in [-0.05, 0) is 94.7 Å². The molecule has 0 heterocycles. The molecule has 3 aromatic rings. The van der Waals surface area contributed by atoms with E-state index in [1.54, 1.807) is 49.9 Å². The van der Waals surface area contributed by atoms with Crippen molar-refractivity contribution in [2.45, 2.75) is 105 Å². The highest BCUT2D eigenvalue weighted by molar-refractivity contribution is 5.92. The molecule has 8 heteroatoms. The highest BCUT2D eigenvalue weighted by Crippen LogP contribution is 2.31. The summed E-state index contributed by atoms with van der Waals surface area (Å²) >= 11 is 0. The van der Waals surface area contributed by atoms with Gasteiger partial charge in [0.15, 0.2) is 0 Å². The highest BCUT2D eigenvalue weighted by Gasteiger charge is 2.39. The lowest BCUT2D eigenvalue weighted by Crippen LogP contribution is -2.56. The van der Waals surface area contributed by atoms with E-state index in [9.17, 15) is 19.5 Å². The van der Waals surface area contributed by atoms with Gasteiger partial charge >= 0.3 is 6.09 Å². The molecule has 8 nitrogen and oxygen atoms in total. The van der Waals surface area contributed by atoms with E-state index >= 15 is 0 Å². The fourth-order valence-electron chi connectivity index (χ4n) is 5.36. The molecule has 46 heavy (non-hydrogen) atoms. The predicted molar refractivity (Wildman–Crippen MR) is 182 cm³/mol. The second-order valence-electron chi connectivity index (χ2n) is 13.6. The minimum Gasteiger partial charge on any atom is -0.508 e. The topological polar surface area (TPSA) is 108 Å². The number of phenolic OH excluding ortho intramolecular Hbond substituents is 1. The average molecular weight is 630 g/mol. The van der Waals surface area contributed by atoms with Crippen LogP contribution in [0.2, 0.25) is 0 Å². The molecule has 248 valence electrons. The number of hydrogen-bond acceptors (Lipinski definition) is 5. The number of aryl methyl sites for hydroxylation is 2. The Morgan fingerprint density at radius 3 is 2.13 bits per heavy atom. The summed E-state index contributed by atoms with van der Waals surface area (Å²) in [6.07, 6.45) is 0.917. The molecule has 0 radical (unpaired) electrons. The zero-order chi connectivity index (χ0) is 34.0. The number of ether oxygens (including phenoxy) is 1. The molecule has 0 aliphatic heterocycles. The lowest BCUT2D eigenvalue weighted by atomic mass is 9.93. The second-order valence-corrected chi connectivity index (χ2v) is 13.6. The van der Waals surface area contributed by atoms with Crippen LogP contribution in [0.4, 0.5) is 4.79 Å². The smallest absolute Gasteiger partial charge is 0.408 e. The molecular weight excluding hydrogens is 578 g/mol. The molecule has 3 aromatic carbocycles. The Morgan fingerprint density at radius 2 is 1.52 bits per heavy atom. The summed E-state index contributed by atoms with van der Waals surface area (Å²) in [5, 5.41) is 15.8. The van der Waals surface area contributed by atoms with Gasteiger partial charge in [-0.25, -0.2) is 4.79 Å². The summed E-state index contributed by atoms with van der Waals surface area (Å²) in [5.74, 6) is -0.210. The summed E-state index contributed by atoms with van der Waals surface area (Å²) < 4.78 is 5.57. The van der Waals surface area contributed by atoms with E-state index in [-0.39, 0.29) is 24.1 Å². The Balaban J connectivity index is 2.13. The molecule has 0 saturated heterocycles. The summed E-state index contributed by atoms with van der Waals surface area (Å²) in [6.45, 7) is 15.7. The van der Waals surface area contributed by atoms with E-state index in [1.165, 1.54) is 0 Å². The third-order valence-electron chi connectivity index (χ3n) is 7.82. The standard InChI is InChI=1S/C38H51N3O5/c1-25(2)14-17-28(5)41(36(44)33(40-37(45)46-38(6,7)8)23-29-18-20-31(42)21-19-29)34(32-22-26(3)15-16-27(32)4)35(43)39-24-30-12-10-9-11-13-30/h9-13,15-16,18-22,25,28,33-34,42H,14,17,23-24H2,1-8H3,(H,39,43)(H,40,45). The van der Waals surface area contributed by atoms with Gasteiger partial charge in [0.25, 0.3) is 0 Å². The molecule has 3 amide bonds. The van der Waals surface area contributed by atoms with Gasteiger partial charge in [0.1, 0.15) is 23.4 Å². The molecule has 3 unspecified atom stereocenters. The zero-order valence-corrected chi connectivity index (χ0v) is 28.6. The van der Waals surface area contributed by atoms with Gasteiger partial charge in [0.2, 0.25) is 11.8 Å². The van der Waals surface area contributed by atoms with Gasteiger partial charge in [-0.1, -0.05) is 80.1 Å². The van der Waals surface area contributed by atoms with Crippen LogP contribution < -0.4 is 10.6 Å². The molecule has 3 rings (SSSR count). The normalized spacial score (nSPS) is 13.4. The van der Waals surface area contributed by atoms with Crippen LogP contribution in [0.5, 0.6) is 5.75 Å². The quantitative estimate of drug-likeness (QED) is 0.186. The molecule has 0 fully saturated rings. The number of alkyl carbamates (subject to hydrolysis) is 1. The molecule has 3 atom stereocenters.